The highest BCUT2D eigenvalue weighted by molar-refractivity contribution is 5.19. The van der Waals surface area contributed by atoms with Crippen molar-refractivity contribution in [2.45, 2.75) is 51.2 Å². The van der Waals surface area contributed by atoms with Crippen LogP contribution in [0.15, 0.2) is 24.3 Å². The Balaban J connectivity index is 2.06. The van der Waals surface area contributed by atoms with Gasteiger partial charge in [-0.1, -0.05) is 38.3 Å². The Hall–Kier alpha value is -0.930. The Labute approximate surface area is 121 Å². The molecule has 0 aliphatic heterocycles. The Morgan fingerprint density at radius 3 is 2.60 bits per heavy atom. The summed E-state index contributed by atoms with van der Waals surface area (Å²) in [5.41, 5.74) is 1.06. The molecule has 0 spiro atoms. The summed E-state index contributed by atoms with van der Waals surface area (Å²) in [6.45, 7) is 3.01. The lowest BCUT2D eigenvalue weighted by Gasteiger charge is -2.34. The second kappa shape index (κ2) is 7.75. The van der Waals surface area contributed by atoms with Crippen LogP contribution in [0, 0.1) is 11.7 Å². The number of benzene rings is 1. The van der Waals surface area contributed by atoms with Crippen LogP contribution in [0.25, 0.3) is 0 Å². The summed E-state index contributed by atoms with van der Waals surface area (Å²) < 4.78 is 19.4. The van der Waals surface area contributed by atoms with Crippen LogP contribution in [0.2, 0.25) is 0 Å². The van der Waals surface area contributed by atoms with E-state index >= 15 is 0 Å². The zero-order chi connectivity index (χ0) is 14.4. The van der Waals surface area contributed by atoms with Crippen LogP contribution in [0.3, 0.4) is 0 Å². The van der Waals surface area contributed by atoms with Gasteiger partial charge in [0.2, 0.25) is 0 Å². The van der Waals surface area contributed by atoms with Crippen LogP contribution < -0.4 is 5.32 Å². The fourth-order valence-corrected chi connectivity index (χ4v) is 3.14. The van der Waals surface area contributed by atoms with E-state index in [4.69, 9.17) is 4.74 Å². The average molecular weight is 279 g/mol. The number of hydrogen-bond acceptors (Lipinski definition) is 2. The predicted molar refractivity (Wildman–Crippen MR) is 80.2 cm³/mol. The van der Waals surface area contributed by atoms with Crippen LogP contribution in [0.1, 0.15) is 50.7 Å². The highest BCUT2D eigenvalue weighted by Crippen LogP contribution is 2.32. The summed E-state index contributed by atoms with van der Waals surface area (Å²) in [5.74, 6) is 0.476. The second-order valence-electron chi connectivity index (χ2n) is 5.73. The first-order chi connectivity index (χ1) is 9.74. The third-order valence-corrected chi connectivity index (χ3v) is 4.33. The quantitative estimate of drug-likeness (QED) is 0.847. The lowest BCUT2D eigenvalue weighted by Crippen LogP contribution is -2.31. The van der Waals surface area contributed by atoms with Gasteiger partial charge in [0, 0.05) is 6.54 Å². The summed E-state index contributed by atoms with van der Waals surface area (Å²) in [7, 11) is 1.93. The van der Waals surface area contributed by atoms with E-state index in [1.54, 1.807) is 0 Å². The van der Waals surface area contributed by atoms with E-state index in [9.17, 15) is 4.39 Å². The van der Waals surface area contributed by atoms with Gasteiger partial charge >= 0.3 is 0 Å². The molecule has 1 aliphatic carbocycles. The molecule has 0 radical (unpaired) electrons. The average Bonchev–Trinajstić information content (AvgIpc) is 2.48. The minimum absolute atomic E-state index is 0.0118. The van der Waals surface area contributed by atoms with E-state index < -0.39 is 0 Å². The monoisotopic (exact) mass is 279 g/mol. The van der Waals surface area contributed by atoms with Crippen LogP contribution >= 0.6 is 0 Å². The van der Waals surface area contributed by atoms with Crippen LogP contribution in [0.4, 0.5) is 4.39 Å². The zero-order valence-electron chi connectivity index (χ0n) is 12.6. The molecule has 1 aromatic rings. The highest BCUT2D eigenvalue weighted by Gasteiger charge is 2.27. The first kappa shape index (κ1) is 15.5. The van der Waals surface area contributed by atoms with Crippen molar-refractivity contribution >= 4 is 0 Å². The van der Waals surface area contributed by atoms with Crippen LogP contribution in [-0.2, 0) is 4.74 Å². The molecule has 0 amide bonds. The standard InChI is InChI=1S/C17H26FNO/c1-3-13-6-4-5-7-16(13)20-17(12-19-2)14-8-10-15(18)11-9-14/h8-11,13,16-17,19H,3-7,12H2,1-2H3. The van der Waals surface area contributed by atoms with E-state index in [-0.39, 0.29) is 11.9 Å². The molecule has 0 saturated heterocycles. The molecule has 3 atom stereocenters. The molecule has 20 heavy (non-hydrogen) atoms. The molecule has 2 nitrogen and oxygen atoms in total. The van der Waals surface area contributed by atoms with Crippen molar-refractivity contribution in [2.75, 3.05) is 13.6 Å². The predicted octanol–water partition coefficient (Wildman–Crippen LogP) is 4.07. The van der Waals surface area contributed by atoms with Gasteiger partial charge in [0.05, 0.1) is 12.2 Å². The number of nitrogens with one attached hydrogen (secondary N) is 1. The molecule has 1 N–H and O–H groups in total. The van der Waals surface area contributed by atoms with Crippen molar-refractivity contribution in [3.8, 4) is 0 Å². The smallest absolute Gasteiger partial charge is 0.123 e. The maximum absolute atomic E-state index is 13.1. The third kappa shape index (κ3) is 4.03. The summed E-state index contributed by atoms with van der Waals surface area (Å²) in [4.78, 5) is 0. The normalized spacial score (nSPS) is 24.6. The molecule has 112 valence electrons. The van der Waals surface area contributed by atoms with Crippen molar-refractivity contribution in [3.63, 3.8) is 0 Å². The maximum atomic E-state index is 13.1. The summed E-state index contributed by atoms with van der Waals surface area (Å²) in [6, 6.07) is 6.70. The molecule has 1 aromatic carbocycles. The number of rotatable bonds is 6. The van der Waals surface area contributed by atoms with E-state index in [1.165, 1.54) is 37.8 Å². The van der Waals surface area contributed by atoms with Crippen molar-refractivity contribution < 1.29 is 9.13 Å². The van der Waals surface area contributed by atoms with E-state index in [0.717, 1.165) is 18.5 Å². The molecule has 0 heterocycles. The van der Waals surface area contributed by atoms with Crippen LogP contribution in [-0.4, -0.2) is 19.7 Å². The molecule has 3 heteroatoms. The highest BCUT2D eigenvalue weighted by atomic mass is 19.1. The van der Waals surface area contributed by atoms with Crippen molar-refractivity contribution in [3.05, 3.63) is 35.6 Å². The van der Waals surface area contributed by atoms with Gasteiger partial charge in [-0.2, -0.15) is 0 Å². The number of likely N-dealkylation sites (N-methyl/N-ethyl adjacent to an activating group) is 1. The number of hydrogen-bond donors (Lipinski definition) is 1. The zero-order valence-corrected chi connectivity index (χ0v) is 12.6. The Bertz CT molecular complexity index is 392. The fourth-order valence-electron chi connectivity index (χ4n) is 3.14. The maximum Gasteiger partial charge on any atom is 0.123 e. The molecule has 3 unspecified atom stereocenters. The molecule has 0 bridgehead atoms. The van der Waals surface area contributed by atoms with E-state index in [2.05, 4.69) is 12.2 Å². The molecule has 0 aromatic heterocycles. The van der Waals surface area contributed by atoms with E-state index in [1.807, 2.05) is 19.2 Å². The minimum atomic E-state index is -0.193. The minimum Gasteiger partial charge on any atom is -0.369 e. The largest absolute Gasteiger partial charge is 0.369 e. The molecule has 1 fully saturated rings. The van der Waals surface area contributed by atoms with E-state index in [0.29, 0.717) is 12.0 Å². The van der Waals surface area contributed by atoms with Gasteiger partial charge in [0.25, 0.3) is 0 Å². The molecule has 1 saturated carbocycles. The summed E-state index contributed by atoms with van der Waals surface area (Å²) in [6.07, 6.45) is 6.55. The number of ether oxygens (including phenoxy) is 1. The van der Waals surface area contributed by atoms with Crippen molar-refractivity contribution in [2.24, 2.45) is 5.92 Å². The summed E-state index contributed by atoms with van der Waals surface area (Å²) >= 11 is 0. The lowest BCUT2D eigenvalue weighted by molar-refractivity contribution is -0.0610. The lowest BCUT2D eigenvalue weighted by atomic mass is 9.84. The SMILES string of the molecule is CCC1CCCCC1OC(CNC)c1ccc(F)cc1. The first-order valence-corrected chi connectivity index (χ1v) is 7.80. The second-order valence-corrected chi connectivity index (χ2v) is 5.73. The van der Waals surface area contributed by atoms with Gasteiger partial charge in [-0.15, -0.1) is 0 Å². The Morgan fingerprint density at radius 1 is 1.25 bits per heavy atom. The van der Waals surface area contributed by atoms with Gasteiger partial charge in [-0.25, -0.2) is 4.39 Å². The third-order valence-electron chi connectivity index (χ3n) is 4.33. The first-order valence-electron chi connectivity index (χ1n) is 7.80. The van der Waals surface area contributed by atoms with Gasteiger partial charge < -0.3 is 10.1 Å². The van der Waals surface area contributed by atoms with Crippen LogP contribution in [0.5, 0.6) is 0 Å². The summed E-state index contributed by atoms with van der Waals surface area (Å²) in [5, 5.41) is 3.18. The topological polar surface area (TPSA) is 21.3 Å². The Morgan fingerprint density at radius 2 is 1.95 bits per heavy atom. The number of halogens is 1. The van der Waals surface area contributed by atoms with Gasteiger partial charge in [0.1, 0.15) is 5.82 Å². The van der Waals surface area contributed by atoms with Crippen molar-refractivity contribution in [1.82, 2.24) is 5.32 Å². The fraction of sp³-hybridized carbons (Fsp3) is 0.647. The Kier molecular flexibility index (Phi) is 5.99. The van der Waals surface area contributed by atoms with Gasteiger partial charge in [-0.05, 0) is 43.5 Å². The van der Waals surface area contributed by atoms with Crippen molar-refractivity contribution in [1.29, 1.82) is 0 Å². The van der Waals surface area contributed by atoms with Gasteiger partial charge in [-0.3, -0.25) is 0 Å². The molecular formula is C17H26FNO. The molecular weight excluding hydrogens is 253 g/mol. The van der Waals surface area contributed by atoms with Gasteiger partial charge in [0.15, 0.2) is 0 Å². The molecule has 1 aliphatic rings. The molecule has 2 rings (SSSR count).